The first-order valence-electron chi connectivity index (χ1n) is 8.97. The van der Waals surface area contributed by atoms with Gasteiger partial charge in [0.05, 0.1) is 18.0 Å². The average molecular weight is 404 g/mol. The Kier molecular flexibility index (Phi) is 5.79. The van der Waals surface area contributed by atoms with Crippen LogP contribution in [0.5, 0.6) is 11.5 Å². The van der Waals surface area contributed by atoms with E-state index in [-0.39, 0.29) is 12.6 Å². The Hall–Kier alpha value is -2.74. The molecule has 0 bridgehead atoms. The summed E-state index contributed by atoms with van der Waals surface area (Å²) in [6, 6.07) is 12.2. The van der Waals surface area contributed by atoms with Gasteiger partial charge in [0.15, 0.2) is 11.5 Å². The summed E-state index contributed by atoms with van der Waals surface area (Å²) in [5.74, 6) is 0.923. The van der Waals surface area contributed by atoms with Gasteiger partial charge in [-0.2, -0.15) is 0 Å². The number of ether oxygens (including phenoxy) is 2. The monoisotopic (exact) mass is 404 g/mol. The Morgan fingerprint density at radius 1 is 1.11 bits per heavy atom. The molecule has 2 aromatic carbocycles. The van der Waals surface area contributed by atoms with Crippen molar-refractivity contribution in [3.8, 4) is 11.5 Å². The van der Waals surface area contributed by atoms with Gasteiger partial charge in [0.1, 0.15) is 19.8 Å². The number of carbonyl (C=O) groups is 1. The molecule has 3 rings (SSSR count). The zero-order chi connectivity index (χ0) is 20.3. The molecule has 7 nitrogen and oxygen atoms in total. The molecular formula is C20H24N2O5S. The van der Waals surface area contributed by atoms with Gasteiger partial charge in [0.2, 0.25) is 15.9 Å². The van der Waals surface area contributed by atoms with Crippen LogP contribution in [0.15, 0.2) is 42.5 Å². The molecule has 1 aliphatic rings. The van der Waals surface area contributed by atoms with Crippen molar-refractivity contribution in [2.75, 3.05) is 30.3 Å². The molecule has 8 heteroatoms. The van der Waals surface area contributed by atoms with Crippen LogP contribution in [-0.4, -0.2) is 40.3 Å². The smallest absolute Gasteiger partial charge is 0.241 e. The van der Waals surface area contributed by atoms with E-state index >= 15 is 0 Å². The normalized spacial score (nSPS) is 14.2. The minimum atomic E-state index is -3.60. The van der Waals surface area contributed by atoms with Gasteiger partial charge >= 0.3 is 0 Å². The van der Waals surface area contributed by atoms with E-state index in [4.69, 9.17) is 9.47 Å². The number of rotatable bonds is 6. The first-order valence-corrected chi connectivity index (χ1v) is 10.8. The van der Waals surface area contributed by atoms with Crippen LogP contribution < -0.4 is 19.1 Å². The third kappa shape index (κ3) is 4.75. The highest BCUT2D eigenvalue weighted by molar-refractivity contribution is 7.92. The fourth-order valence-corrected chi connectivity index (χ4v) is 3.80. The quantitative estimate of drug-likeness (QED) is 0.799. The van der Waals surface area contributed by atoms with E-state index in [0.29, 0.717) is 30.4 Å². The maximum absolute atomic E-state index is 12.5. The molecule has 0 spiro atoms. The Labute approximate surface area is 165 Å². The molecule has 28 heavy (non-hydrogen) atoms. The summed E-state index contributed by atoms with van der Waals surface area (Å²) in [6.07, 6.45) is 1.09. The number of anilines is 1. The number of hydrogen-bond donors (Lipinski definition) is 1. The summed E-state index contributed by atoms with van der Waals surface area (Å²) in [6.45, 7) is 4.45. The van der Waals surface area contributed by atoms with Gasteiger partial charge in [-0.15, -0.1) is 0 Å². The van der Waals surface area contributed by atoms with Gasteiger partial charge < -0.3 is 14.8 Å². The number of sulfonamides is 1. The molecule has 1 amide bonds. The third-order valence-corrected chi connectivity index (χ3v) is 5.59. The van der Waals surface area contributed by atoms with E-state index in [0.717, 1.165) is 21.7 Å². The Morgan fingerprint density at radius 2 is 1.75 bits per heavy atom. The van der Waals surface area contributed by atoms with Crippen LogP contribution in [0.3, 0.4) is 0 Å². The summed E-state index contributed by atoms with van der Waals surface area (Å²) in [4.78, 5) is 12.5. The van der Waals surface area contributed by atoms with Crippen molar-refractivity contribution in [1.29, 1.82) is 0 Å². The summed E-state index contributed by atoms with van der Waals surface area (Å²) >= 11 is 0. The Morgan fingerprint density at radius 3 is 2.39 bits per heavy atom. The number of nitrogens with one attached hydrogen (secondary N) is 1. The van der Waals surface area contributed by atoms with Crippen molar-refractivity contribution < 1.29 is 22.7 Å². The first-order chi connectivity index (χ1) is 13.2. The second-order valence-electron chi connectivity index (χ2n) is 6.80. The summed E-state index contributed by atoms with van der Waals surface area (Å²) < 4.78 is 36.5. The third-order valence-electron chi connectivity index (χ3n) is 4.45. The summed E-state index contributed by atoms with van der Waals surface area (Å²) in [7, 11) is -3.60. The highest BCUT2D eigenvalue weighted by atomic mass is 32.2. The predicted octanol–water partition coefficient (Wildman–Crippen LogP) is 2.41. The van der Waals surface area contributed by atoms with Crippen LogP contribution in [0.2, 0.25) is 0 Å². The molecule has 0 radical (unpaired) electrons. The average Bonchev–Trinajstić information content (AvgIpc) is 2.65. The summed E-state index contributed by atoms with van der Waals surface area (Å²) in [5, 5.41) is 2.85. The lowest BCUT2D eigenvalue weighted by atomic mass is 10.1. The molecule has 0 saturated heterocycles. The number of amides is 1. The van der Waals surface area contributed by atoms with E-state index < -0.39 is 15.9 Å². The molecule has 0 saturated carbocycles. The molecule has 1 aliphatic heterocycles. The maximum Gasteiger partial charge on any atom is 0.241 e. The number of benzene rings is 2. The zero-order valence-electron chi connectivity index (χ0n) is 16.1. The fraction of sp³-hybridized carbons (Fsp3) is 0.350. The molecule has 150 valence electrons. The van der Waals surface area contributed by atoms with Crippen molar-refractivity contribution in [1.82, 2.24) is 5.32 Å². The van der Waals surface area contributed by atoms with Crippen LogP contribution >= 0.6 is 0 Å². The van der Waals surface area contributed by atoms with E-state index in [1.54, 1.807) is 12.1 Å². The predicted molar refractivity (Wildman–Crippen MR) is 107 cm³/mol. The number of hydrogen-bond acceptors (Lipinski definition) is 5. The van der Waals surface area contributed by atoms with E-state index in [1.165, 1.54) is 0 Å². The SMILES string of the molecule is Cc1ccc(N(CC(=O)NC(C)c2ccc3c(c2)OCCO3)S(C)(=O)=O)cc1. The van der Waals surface area contributed by atoms with Crippen LogP contribution in [0, 0.1) is 6.92 Å². The van der Waals surface area contributed by atoms with Gasteiger partial charge in [-0.3, -0.25) is 9.10 Å². The van der Waals surface area contributed by atoms with Gasteiger partial charge in [-0.25, -0.2) is 8.42 Å². The van der Waals surface area contributed by atoms with E-state index in [1.807, 2.05) is 44.2 Å². The van der Waals surface area contributed by atoms with Crippen LogP contribution in [-0.2, 0) is 14.8 Å². The standard InChI is InChI=1S/C20H24N2O5S/c1-14-4-7-17(8-5-14)22(28(3,24)25)13-20(23)21-15(2)16-6-9-18-19(12-16)27-11-10-26-18/h4-9,12,15H,10-11,13H2,1-3H3,(H,21,23). The van der Waals surface area contributed by atoms with Crippen molar-refractivity contribution in [3.63, 3.8) is 0 Å². The second-order valence-corrected chi connectivity index (χ2v) is 8.70. The molecule has 1 N–H and O–H groups in total. The molecule has 1 heterocycles. The Bertz CT molecular complexity index is 957. The van der Waals surface area contributed by atoms with Crippen LogP contribution in [0.25, 0.3) is 0 Å². The fourth-order valence-electron chi connectivity index (χ4n) is 2.94. The molecular weight excluding hydrogens is 380 g/mol. The second kappa shape index (κ2) is 8.10. The van der Waals surface area contributed by atoms with Gasteiger partial charge in [-0.1, -0.05) is 23.8 Å². The Balaban J connectivity index is 1.71. The van der Waals surface area contributed by atoms with Gasteiger partial charge in [0, 0.05) is 0 Å². The highest BCUT2D eigenvalue weighted by Crippen LogP contribution is 2.32. The van der Waals surface area contributed by atoms with Crippen molar-refractivity contribution >= 4 is 21.6 Å². The molecule has 0 aliphatic carbocycles. The van der Waals surface area contributed by atoms with Crippen molar-refractivity contribution in [2.24, 2.45) is 0 Å². The topological polar surface area (TPSA) is 84.9 Å². The number of carbonyl (C=O) groups excluding carboxylic acids is 1. The molecule has 2 aromatic rings. The zero-order valence-corrected chi connectivity index (χ0v) is 17.0. The minimum absolute atomic E-state index is 0.295. The molecule has 0 aromatic heterocycles. The lowest BCUT2D eigenvalue weighted by Gasteiger charge is -2.24. The van der Waals surface area contributed by atoms with Crippen molar-refractivity contribution in [2.45, 2.75) is 19.9 Å². The molecule has 1 unspecified atom stereocenters. The summed E-state index contributed by atoms with van der Waals surface area (Å²) in [5.41, 5.74) is 2.31. The minimum Gasteiger partial charge on any atom is -0.486 e. The largest absolute Gasteiger partial charge is 0.486 e. The number of fused-ring (bicyclic) bond motifs is 1. The van der Waals surface area contributed by atoms with E-state index in [2.05, 4.69) is 5.32 Å². The maximum atomic E-state index is 12.5. The van der Waals surface area contributed by atoms with Gasteiger partial charge in [0.25, 0.3) is 0 Å². The van der Waals surface area contributed by atoms with Gasteiger partial charge in [-0.05, 0) is 43.7 Å². The number of nitrogens with zero attached hydrogens (tertiary/aromatic N) is 1. The van der Waals surface area contributed by atoms with Crippen LogP contribution in [0.4, 0.5) is 5.69 Å². The van der Waals surface area contributed by atoms with E-state index in [9.17, 15) is 13.2 Å². The highest BCUT2D eigenvalue weighted by Gasteiger charge is 2.22. The number of aryl methyl sites for hydroxylation is 1. The molecule has 1 atom stereocenters. The lowest BCUT2D eigenvalue weighted by molar-refractivity contribution is -0.120. The molecule has 0 fully saturated rings. The van der Waals surface area contributed by atoms with Crippen LogP contribution in [0.1, 0.15) is 24.1 Å². The van der Waals surface area contributed by atoms with Crippen molar-refractivity contribution in [3.05, 3.63) is 53.6 Å². The first kappa shape index (κ1) is 20.0. The lowest BCUT2D eigenvalue weighted by Crippen LogP contribution is -2.41.